The summed E-state index contributed by atoms with van der Waals surface area (Å²) in [6.07, 6.45) is -0.523. The number of amides is 1. The zero-order chi connectivity index (χ0) is 16.1. The Morgan fingerprint density at radius 2 is 2.09 bits per heavy atom. The van der Waals surface area contributed by atoms with Crippen LogP contribution in [-0.4, -0.2) is 17.0 Å². The van der Waals surface area contributed by atoms with Crippen LogP contribution in [0.4, 0.5) is 10.2 Å². The van der Waals surface area contributed by atoms with Crippen molar-refractivity contribution in [3.63, 3.8) is 0 Å². The van der Waals surface area contributed by atoms with Crippen molar-refractivity contribution in [2.75, 3.05) is 5.32 Å². The van der Waals surface area contributed by atoms with Crippen LogP contribution >= 0.6 is 15.9 Å². The number of aromatic nitrogens is 1. The summed E-state index contributed by atoms with van der Waals surface area (Å²) < 4.78 is 19.3. The van der Waals surface area contributed by atoms with Crippen molar-refractivity contribution in [1.82, 2.24) is 4.98 Å². The van der Waals surface area contributed by atoms with E-state index in [1.807, 2.05) is 0 Å². The van der Waals surface area contributed by atoms with Gasteiger partial charge in [0, 0.05) is 0 Å². The molecule has 116 valence electrons. The second-order valence-electron chi connectivity index (χ2n) is 4.48. The molecule has 0 spiro atoms. The Hall–Kier alpha value is -2.15. The third-order valence-corrected chi connectivity index (χ3v) is 3.51. The summed E-state index contributed by atoms with van der Waals surface area (Å²) in [5.74, 6) is -0.753. The molecule has 0 saturated heterocycles. The number of rotatable bonds is 5. The molecule has 2 rings (SSSR count). The Morgan fingerprint density at radius 1 is 1.36 bits per heavy atom. The highest BCUT2D eigenvalue weighted by atomic mass is 79.9. The fourth-order valence-electron chi connectivity index (χ4n) is 1.76. The molecule has 0 fully saturated rings. The van der Waals surface area contributed by atoms with Crippen LogP contribution in [0.5, 0.6) is 5.75 Å². The summed E-state index contributed by atoms with van der Waals surface area (Å²) >= 11 is 3.07. The monoisotopic (exact) mass is 368 g/mol. The zero-order valence-corrected chi connectivity index (χ0v) is 13.3. The number of anilines is 1. The Bertz CT molecular complexity index is 733. The maximum Gasteiger partial charge on any atom is 0.266 e. The average Bonchev–Trinajstić information content (AvgIpc) is 2.50. The SMILES string of the molecule is CC[C@@H](Oc1ccccc1F)C(=O)Nc1ccc(Br)c(=O)[nH]1. The third kappa shape index (κ3) is 3.94. The molecule has 1 atom stereocenters. The number of carbonyl (C=O) groups is 1. The van der Waals surface area contributed by atoms with Crippen molar-refractivity contribution < 1.29 is 13.9 Å². The first-order valence-corrected chi connectivity index (χ1v) is 7.41. The normalized spacial score (nSPS) is 11.8. The molecule has 2 N–H and O–H groups in total. The minimum Gasteiger partial charge on any atom is -0.478 e. The highest BCUT2D eigenvalue weighted by Gasteiger charge is 2.20. The maximum absolute atomic E-state index is 13.6. The number of H-pyrrole nitrogens is 1. The highest BCUT2D eigenvalue weighted by molar-refractivity contribution is 9.10. The number of benzene rings is 1. The van der Waals surface area contributed by atoms with E-state index in [-0.39, 0.29) is 17.1 Å². The lowest BCUT2D eigenvalue weighted by Crippen LogP contribution is -2.33. The Kier molecular flexibility index (Phi) is 5.32. The Morgan fingerprint density at radius 3 is 2.73 bits per heavy atom. The molecule has 7 heteroatoms. The maximum atomic E-state index is 13.6. The summed E-state index contributed by atoms with van der Waals surface area (Å²) in [6.45, 7) is 1.75. The molecule has 0 bridgehead atoms. The molecule has 1 amide bonds. The van der Waals surface area contributed by atoms with E-state index in [1.54, 1.807) is 19.1 Å². The zero-order valence-electron chi connectivity index (χ0n) is 11.7. The fourth-order valence-corrected chi connectivity index (χ4v) is 1.99. The first-order chi connectivity index (χ1) is 10.5. The quantitative estimate of drug-likeness (QED) is 0.851. The van der Waals surface area contributed by atoms with Gasteiger partial charge in [0.15, 0.2) is 17.7 Å². The first-order valence-electron chi connectivity index (χ1n) is 6.62. The highest BCUT2D eigenvalue weighted by Crippen LogP contribution is 2.18. The van der Waals surface area contributed by atoms with E-state index in [2.05, 4.69) is 26.2 Å². The van der Waals surface area contributed by atoms with Crippen LogP contribution in [0.25, 0.3) is 0 Å². The van der Waals surface area contributed by atoms with Crippen LogP contribution in [0.2, 0.25) is 0 Å². The average molecular weight is 369 g/mol. The predicted octanol–water partition coefficient (Wildman–Crippen LogP) is 3.07. The predicted molar refractivity (Wildman–Crippen MR) is 84.5 cm³/mol. The van der Waals surface area contributed by atoms with Crippen LogP contribution in [0.15, 0.2) is 45.7 Å². The van der Waals surface area contributed by atoms with Gasteiger partial charge >= 0.3 is 0 Å². The molecule has 1 aromatic carbocycles. The van der Waals surface area contributed by atoms with E-state index in [0.717, 1.165) is 0 Å². The number of para-hydroxylation sites is 1. The van der Waals surface area contributed by atoms with Crippen molar-refractivity contribution >= 4 is 27.7 Å². The molecule has 0 radical (unpaired) electrons. The van der Waals surface area contributed by atoms with Crippen LogP contribution in [0, 0.1) is 5.82 Å². The van der Waals surface area contributed by atoms with Crippen molar-refractivity contribution in [3.8, 4) is 5.75 Å². The number of hydrogen-bond donors (Lipinski definition) is 2. The molecule has 0 saturated carbocycles. The number of pyridine rings is 1. The van der Waals surface area contributed by atoms with Gasteiger partial charge in [0.2, 0.25) is 0 Å². The second-order valence-corrected chi connectivity index (χ2v) is 5.34. The van der Waals surface area contributed by atoms with Gasteiger partial charge in [-0.05, 0) is 46.6 Å². The molecule has 1 aromatic heterocycles. The largest absolute Gasteiger partial charge is 0.478 e. The molecule has 22 heavy (non-hydrogen) atoms. The van der Waals surface area contributed by atoms with Crippen molar-refractivity contribution in [3.05, 3.63) is 57.0 Å². The van der Waals surface area contributed by atoms with E-state index < -0.39 is 17.8 Å². The van der Waals surface area contributed by atoms with Gasteiger partial charge in [0.25, 0.3) is 11.5 Å². The van der Waals surface area contributed by atoms with Crippen LogP contribution < -0.4 is 15.6 Å². The summed E-state index contributed by atoms with van der Waals surface area (Å²) in [5.41, 5.74) is -0.360. The van der Waals surface area contributed by atoms with Gasteiger partial charge < -0.3 is 15.0 Å². The van der Waals surface area contributed by atoms with Gasteiger partial charge in [-0.2, -0.15) is 0 Å². The summed E-state index contributed by atoms with van der Waals surface area (Å²) in [7, 11) is 0. The minimum atomic E-state index is -0.871. The minimum absolute atomic E-state index is 0.00815. The van der Waals surface area contributed by atoms with Crippen molar-refractivity contribution in [2.24, 2.45) is 0 Å². The number of carbonyl (C=O) groups excluding carboxylic acids is 1. The number of nitrogens with one attached hydrogen (secondary N) is 2. The molecule has 0 aliphatic rings. The lowest BCUT2D eigenvalue weighted by atomic mass is 10.2. The molecular weight excluding hydrogens is 355 g/mol. The van der Waals surface area contributed by atoms with E-state index in [1.165, 1.54) is 24.3 Å². The molecule has 0 aliphatic carbocycles. The lowest BCUT2D eigenvalue weighted by Gasteiger charge is -2.17. The van der Waals surface area contributed by atoms with E-state index in [9.17, 15) is 14.0 Å². The third-order valence-electron chi connectivity index (χ3n) is 2.89. The van der Waals surface area contributed by atoms with Crippen LogP contribution in [0.1, 0.15) is 13.3 Å². The molecular formula is C15H14BrFN2O3. The van der Waals surface area contributed by atoms with E-state index >= 15 is 0 Å². The van der Waals surface area contributed by atoms with E-state index in [0.29, 0.717) is 10.9 Å². The number of aromatic amines is 1. The van der Waals surface area contributed by atoms with Gasteiger partial charge in [0.1, 0.15) is 5.82 Å². The smallest absolute Gasteiger partial charge is 0.266 e. The Balaban J connectivity index is 2.10. The molecule has 0 aliphatic heterocycles. The van der Waals surface area contributed by atoms with E-state index in [4.69, 9.17) is 4.74 Å². The molecule has 2 aromatic rings. The molecule has 5 nitrogen and oxygen atoms in total. The van der Waals surface area contributed by atoms with Gasteiger partial charge in [-0.3, -0.25) is 9.59 Å². The summed E-state index contributed by atoms with van der Waals surface area (Å²) in [6, 6.07) is 8.93. The fraction of sp³-hybridized carbons (Fsp3) is 0.200. The number of hydrogen-bond acceptors (Lipinski definition) is 3. The molecule has 0 unspecified atom stereocenters. The van der Waals surface area contributed by atoms with Gasteiger partial charge in [0.05, 0.1) is 4.47 Å². The van der Waals surface area contributed by atoms with Crippen molar-refractivity contribution in [2.45, 2.75) is 19.4 Å². The standard InChI is InChI=1S/C15H14BrFN2O3/c1-2-11(22-12-6-4-3-5-10(12)17)15(21)19-13-8-7-9(16)14(20)18-13/h3-8,11H,2H2,1H3,(H2,18,19,20,21)/t11-/m1/s1. The second kappa shape index (κ2) is 7.22. The van der Waals surface area contributed by atoms with Crippen molar-refractivity contribution in [1.29, 1.82) is 0 Å². The topological polar surface area (TPSA) is 71.2 Å². The molecule has 1 heterocycles. The lowest BCUT2D eigenvalue weighted by molar-refractivity contribution is -0.122. The van der Waals surface area contributed by atoms with Gasteiger partial charge in [-0.15, -0.1) is 0 Å². The first kappa shape index (κ1) is 16.2. The van der Waals surface area contributed by atoms with Gasteiger partial charge in [-0.25, -0.2) is 4.39 Å². The summed E-state index contributed by atoms with van der Waals surface area (Å²) in [5, 5.41) is 2.54. The van der Waals surface area contributed by atoms with Gasteiger partial charge in [-0.1, -0.05) is 19.1 Å². The van der Waals surface area contributed by atoms with Crippen LogP contribution in [-0.2, 0) is 4.79 Å². The number of halogens is 2. The Labute approximate surface area is 134 Å². The number of ether oxygens (including phenoxy) is 1. The summed E-state index contributed by atoms with van der Waals surface area (Å²) in [4.78, 5) is 26.1. The van der Waals surface area contributed by atoms with Crippen LogP contribution in [0.3, 0.4) is 0 Å².